The molecular weight excluding hydrogens is 194 g/mol. The first-order valence-electron chi connectivity index (χ1n) is 5.41. The normalized spacial score (nSPS) is 27.8. The Hall–Kier alpha value is -1.10. The first kappa shape index (κ1) is 10.4. The maximum absolute atomic E-state index is 12.1. The summed E-state index contributed by atoms with van der Waals surface area (Å²) in [6.45, 7) is 1.03. The smallest absolute Gasteiger partial charge is 0.240 e. The lowest BCUT2D eigenvalue weighted by atomic mass is 9.67. The Labute approximate surface area is 88.8 Å². The molecule has 1 aliphatic heterocycles. The third-order valence-electron chi connectivity index (χ3n) is 3.76. The Bertz CT molecular complexity index is 294. The molecule has 2 rings (SSSR count). The number of carbonyl (C=O) groups excluding carboxylic acids is 2. The van der Waals surface area contributed by atoms with E-state index in [4.69, 9.17) is 11.5 Å². The van der Waals surface area contributed by atoms with E-state index in [2.05, 4.69) is 0 Å². The second kappa shape index (κ2) is 3.48. The van der Waals surface area contributed by atoms with E-state index in [9.17, 15) is 9.59 Å². The monoisotopic (exact) mass is 211 g/mol. The molecular formula is C10H17N3O2. The number of nitrogens with zero attached hydrogens (tertiary/aromatic N) is 1. The minimum absolute atomic E-state index is 0.0336. The van der Waals surface area contributed by atoms with Crippen LogP contribution in [0.3, 0.4) is 0 Å². The van der Waals surface area contributed by atoms with Crippen molar-refractivity contribution >= 4 is 11.8 Å². The summed E-state index contributed by atoms with van der Waals surface area (Å²) in [6.07, 6.45) is 3.45. The molecule has 1 saturated heterocycles. The third-order valence-corrected chi connectivity index (χ3v) is 3.76. The van der Waals surface area contributed by atoms with Gasteiger partial charge in [-0.15, -0.1) is 0 Å². The molecule has 1 unspecified atom stereocenters. The zero-order chi connectivity index (χ0) is 11.1. The number of hydrogen-bond donors (Lipinski definition) is 2. The van der Waals surface area contributed by atoms with Crippen molar-refractivity contribution in [3.8, 4) is 0 Å². The van der Waals surface area contributed by atoms with Gasteiger partial charge in [0.05, 0.1) is 5.41 Å². The average molecular weight is 211 g/mol. The summed E-state index contributed by atoms with van der Waals surface area (Å²) < 4.78 is 0. The molecule has 15 heavy (non-hydrogen) atoms. The number of amides is 2. The van der Waals surface area contributed by atoms with Crippen molar-refractivity contribution in [3.63, 3.8) is 0 Å². The molecule has 84 valence electrons. The quantitative estimate of drug-likeness (QED) is 0.640. The molecule has 0 radical (unpaired) electrons. The van der Waals surface area contributed by atoms with Gasteiger partial charge in [-0.05, 0) is 19.3 Å². The molecule has 1 atom stereocenters. The Morgan fingerprint density at radius 1 is 1.40 bits per heavy atom. The fourth-order valence-corrected chi connectivity index (χ4v) is 2.34. The molecule has 2 fully saturated rings. The fraction of sp³-hybridized carbons (Fsp3) is 0.800. The highest BCUT2D eigenvalue weighted by atomic mass is 16.2. The van der Waals surface area contributed by atoms with Crippen LogP contribution < -0.4 is 11.5 Å². The molecule has 0 bridgehead atoms. The Balaban J connectivity index is 2.05. The first-order valence-corrected chi connectivity index (χ1v) is 5.41. The van der Waals surface area contributed by atoms with E-state index in [1.807, 2.05) is 0 Å². The van der Waals surface area contributed by atoms with E-state index in [0.29, 0.717) is 19.5 Å². The summed E-state index contributed by atoms with van der Waals surface area (Å²) in [6, 6.07) is -0.387. The molecule has 0 spiro atoms. The fourth-order valence-electron chi connectivity index (χ4n) is 2.34. The molecule has 2 aliphatic rings. The van der Waals surface area contributed by atoms with E-state index >= 15 is 0 Å². The van der Waals surface area contributed by atoms with E-state index in [1.165, 1.54) is 0 Å². The second-order valence-corrected chi connectivity index (χ2v) is 4.54. The Morgan fingerprint density at radius 3 is 2.33 bits per heavy atom. The maximum Gasteiger partial charge on any atom is 0.240 e. The summed E-state index contributed by atoms with van der Waals surface area (Å²) in [5.74, 6) is -0.368. The highest BCUT2D eigenvalue weighted by Gasteiger charge is 2.49. The van der Waals surface area contributed by atoms with Gasteiger partial charge < -0.3 is 16.4 Å². The molecule has 1 saturated carbocycles. The van der Waals surface area contributed by atoms with E-state index < -0.39 is 5.91 Å². The molecule has 4 N–H and O–H groups in total. The molecule has 5 heteroatoms. The lowest BCUT2D eigenvalue weighted by Gasteiger charge is -2.48. The Morgan fingerprint density at radius 2 is 2.07 bits per heavy atom. The van der Waals surface area contributed by atoms with Crippen molar-refractivity contribution in [2.75, 3.05) is 13.1 Å². The van der Waals surface area contributed by atoms with Gasteiger partial charge in [0, 0.05) is 13.1 Å². The first-order chi connectivity index (χ1) is 7.10. The van der Waals surface area contributed by atoms with Gasteiger partial charge in [0.2, 0.25) is 11.8 Å². The van der Waals surface area contributed by atoms with Crippen molar-refractivity contribution in [1.29, 1.82) is 0 Å². The van der Waals surface area contributed by atoms with Gasteiger partial charge in [0.25, 0.3) is 0 Å². The van der Waals surface area contributed by atoms with E-state index in [0.717, 1.165) is 19.3 Å². The summed E-state index contributed by atoms with van der Waals surface area (Å²) in [4.78, 5) is 24.7. The zero-order valence-electron chi connectivity index (χ0n) is 8.74. The van der Waals surface area contributed by atoms with Gasteiger partial charge in [-0.2, -0.15) is 0 Å². The van der Waals surface area contributed by atoms with Gasteiger partial charge in [-0.3, -0.25) is 9.59 Å². The van der Waals surface area contributed by atoms with Gasteiger partial charge in [0.15, 0.2) is 0 Å². The minimum atomic E-state index is -0.402. The van der Waals surface area contributed by atoms with Crippen LogP contribution in [0.1, 0.15) is 25.7 Å². The standard InChI is InChI=1S/C10H17N3O2/c11-6-10(3-1-4-10)9(15)13-5-2-7(13)8(12)14/h7H,1-6,11H2,(H2,12,14). The lowest BCUT2D eigenvalue weighted by molar-refractivity contribution is -0.158. The van der Waals surface area contributed by atoms with E-state index in [-0.39, 0.29) is 17.4 Å². The minimum Gasteiger partial charge on any atom is -0.368 e. The van der Waals surface area contributed by atoms with Gasteiger partial charge >= 0.3 is 0 Å². The number of hydrogen-bond acceptors (Lipinski definition) is 3. The van der Waals surface area contributed by atoms with Crippen molar-refractivity contribution < 1.29 is 9.59 Å². The lowest BCUT2D eigenvalue weighted by Crippen LogP contribution is -2.63. The molecule has 0 aromatic carbocycles. The predicted molar refractivity (Wildman–Crippen MR) is 54.7 cm³/mol. The third kappa shape index (κ3) is 1.42. The zero-order valence-corrected chi connectivity index (χ0v) is 8.74. The molecule has 0 aromatic heterocycles. The molecule has 2 amide bonds. The van der Waals surface area contributed by atoms with Crippen LogP contribution in [0.4, 0.5) is 0 Å². The topological polar surface area (TPSA) is 89.4 Å². The summed E-state index contributed by atoms with van der Waals surface area (Å²) in [5.41, 5.74) is 10.5. The number of primary amides is 1. The largest absolute Gasteiger partial charge is 0.368 e. The van der Waals surface area contributed by atoms with Crippen LogP contribution in [-0.2, 0) is 9.59 Å². The van der Waals surface area contributed by atoms with Crippen LogP contribution in [0.15, 0.2) is 0 Å². The average Bonchev–Trinajstić information content (AvgIpc) is 1.99. The van der Waals surface area contributed by atoms with Gasteiger partial charge in [0.1, 0.15) is 6.04 Å². The summed E-state index contributed by atoms with van der Waals surface area (Å²) in [5, 5.41) is 0. The van der Waals surface area contributed by atoms with Crippen LogP contribution in [0.5, 0.6) is 0 Å². The van der Waals surface area contributed by atoms with Crippen LogP contribution in [0.2, 0.25) is 0 Å². The summed E-state index contributed by atoms with van der Waals surface area (Å²) in [7, 11) is 0. The maximum atomic E-state index is 12.1. The van der Waals surface area contributed by atoms with Crippen molar-refractivity contribution in [2.24, 2.45) is 16.9 Å². The molecule has 1 aliphatic carbocycles. The molecule has 0 aromatic rings. The highest BCUT2D eigenvalue weighted by molar-refractivity contribution is 5.91. The molecule has 1 heterocycles. The van der Waals surface area contributed by atoms with Gasteiger partial charge in [-0.1, -0.05) is 6.42 Å². The van der Waals surface area contributed by atoms with Crippen LogP contribution in [0.25, 0.3) is 0 Å². The molecule has 5 nitrogen and oxygen atoms in total. The number of nitrogens with two attached hydrogens (primary N) is 2. The second-order valence-electron chi connectivity index (χ2n) is 4.54. The van der Waals surface area contributed by atoms with Gasteiger partial charge in [-0.25, -0.2) is 0 Å². The number of rotatable bonds is 3. The van der Waals surface area contributed by atoms with Crippen LogP contribution >= 0.6 is 0 Å². The van der Waals surface area contributed by atoms with Crippen molar-refractivity contribution in [3.05, 3.63) is 0 Å². The van der Waals surface area contributed by atoms with Crippen LogP contribution in [0, 0.1) is 5.41 Å². The van der Waals surface area contributed by atoms with E-state index in [1.54, 1.807) is 4.90 Å². The van der Waals surface area contributed by atoms with Crippen LogP contribution in [-0.4, -0.2) is 35.8 Å². The van der Waals surface area contributed by atoms with Crippen molar-refractivity contribution in [2.45, 2.75) is 31.7 Å². The summed E-state index contributed by atoms with van der Waals surface area (Å²) >= 11 is 0. The number of carbonyl (C=O) groups is 2. The predicted octanol–water partition coefficient (Wildman–Crippen LogP) is -0.798. The number of likely N-dealkylation sites (tertiary alicyclic amines) is 1. The Kier molecular flexibility index (Phi) is 2.42. The van der Waals surface area contributed by atoms with Crippen molar-refractivity contribution in [1.82, 2.24) is 4.90 Å². The highest BCUT2D eigenvalue weighted by Crippen LogP contribution is 2.43. The SMILES string of the molecule is NCC1(C(=O)N2CCC2C(N)=O)CCC1.